The molecule has 1 aliphatic carbocycles. The van der Waals surface area contributed by atoms with E-state index in [2.05, 4.69) is 16.4 Å². The van der Waals surface area contributed by atoms with Crippen LogP contribution in [0.1, 0.15) is 25.7 Å². The zero-order valence-corrected chi connectivity index (χ0v) is 9.80. The average molecular weight is 222 g/mol. The molecule has 1 aromatic heterocycles. The van der Waals surface area contributed by atoms with Gasteiger partial charge >= 0.3 is 0 Å². The highest BCUT2D eigenvalue weighted by Crippen LogP contribution is 2.19. The number of nitrogens with one attached hydrogen (secondary N) is 1. The predicted molar refractivity (Wildman–Crippen MR) is 65.2 cm³/mol. The standard InChI is InChI=1S/C12H18N2S/c1-2-9-14-12(5-1)15-10-4-3-8-13-11-6-7-11/h1-2,5,9,11,13H,3-4,6-8,10H2. The smallest absolute Gasteiger partial charge is 0.0959 e. The summed E-state index contributed by atoms with van der Waals surface area (Å²) in [4.78, 5) is 4.28. The van der Waals surface area contributed by atoms with Crippen molar-refractivity contribution >= 4 is 11.8 Å². The van der Waals surface area contributed by atoms with E-state index in [-0.39, 0.29) is 0 Å². The van der Waals surface area contributed by atoms with Gasteiger partial charge in [-0.05, 0) is 50.1 Å². The van der Waals surface area contributed by atoms with E-state index in [1.54, 1.807) is 0 Å². The maximum absolute atomic E-state index is 4.28. The highest BCUT2D eigenvalue weighted by Gasteiger charge is 2.19. The van der Waals surface area contributed by atoms with Crippen molar-refractivity contribution in [3.05, 3.63) is 24.4 Å². The SMILES string of the molecule is c1ccc(SCCCCNC2CC2)nc1. The second-order valence-electron chi connectivity index (χ2n) is 3.95. The first kappa shape index (κ1) is 11.0. The Morgan fingerprint density at radius 3 is 3.00 bits per heavy atom. The molecule has 0 amide bonds. The molecule has 3 heteroatoms. The molecule has 0 radical (unpaired) electrons. The van der Waals surface area contributed by atoms with E-state index in [0.29, 0.717) is 0 Å². The Hall–Kier alpha value is -0.540. The average Bonchev–Trinajstić information content (AvgIpc) is 3.09. The lowest BCUT2D eigenvalue weighted by Crippen LogP contribution is -2.17. The molecule has 1 N–H and O–H groups in total. The number of pyridine rings is 1. The molecule has 2 nitrogen and oxygen atoms in total. The molecular weight excluding hydrogens is 204 g/mol. The minimum atomic E-state index is 0.855. The first-order valence-corrected chi connectivity index (χ1v) is 6.71. The summed E-state index contributed by atoms with van der Waals surface area (Å²) in [5.41, 5.74) is 0. The Kier molecular flexibility index (Phi) is 4.48. The third kappa shape index (κ3) is 4.67. The highest BCUT2D eigenvalue weighted by atomic mass is 32.2. The van der Waals surface area contributed by atoms with Crippen LogP contribution in [0.25, 0.3) is 0 Å². The molecule has 0 bridgehead atoms. The summed E-state index contributed by atoms with van der Waals surface area (Å²) in [6.07, 6.45) is 7.21. The monoisotopic (exact) mass is 222 g/mol. The largest absolute Gasteiger partial charge is 0.314 e. The number of hydrogen-bond donors (Lipinski definition) is 1. The molecule has 0 atom stereocenters. The van der Waals surface area contributed by atoms with Crippen LogP contribution in [0.3, 0.4) is 0 Å². The Balaban J connectivity index is 1.47. The number of nitrogens with zero attached hydrogens (tertiary/aromatic N) is 1. The van der Waals surface area contributed by atoms with Gasteiger partial charge in [-0.1, -0.05) is 6.07 Å². The van der Waals surface area contributed by atoms with E-state index < -0.39 is 0 Å². The lowest BCUT2D eigenvalue weighted by atomic mass is 10.3. The van der Waals surface area contributed by atoms with Crippen molar-refractivity contribution in [2.75, 3.05) is 12.3 Å². The Morgan fingerprint density at radius 2 is 2.27 bits per heavy atom. The maximum Gasteiger partial charge on any atom is 0.0959 e. The Labute approximate surface area is 95.9 Å². The van der Waals surface area contributed by atoms with Gasteiger partial charge in [0.2, 0.25) is 0 Å². The molecule has 0 unspecified atom stereocenters. The van der Waals surface area contributed by atoms with Gasteiger partial charge in [0, 0.05) is 12.2 Å². The van der Waals surface area contributed by atoms with Crippen LogP contribution in [0, 0.1) is 0 Å². The van der Waals surface area contributed by atoms with Crippen LogP contribution in [0.2, 0.25) is 0 Å². The van der Waals surface area contributed by atoms with E-state index in [9.17, 15) is 0 Å². The number of unbranched alkanes of at least 4 members (excludes halogenated alkanes) is 1. The summed E-state index contributed by atoms with van der Waals surface area (Å²) < 4.78 is 0. The zero-order chi connectivity index (χ0) is 10.3. The van der Waals surface area contributed by atoms with Crippen LogP contribution < -0.4 is 5.32 Å². The van der Waals surface area contributed by atoms with Crippen LogP contribution in [0.4, 0.5) is 0 Å². The summed E-state index contributed by atoms with van der Waals surface area (Å²) in [5, 5.41) is 4.68. The first-order valence-electron chi connectivity index (χ1n) is 5.72. The number of rotatable bonds is 7. The van der Waals surface area contributed by atoms with E-state index in [4.69, 9.17) is 0 Å². The second kappa shape index (κ2) is 6.13. The Bertz CT molecular complexity index is 272. The quantitative estimate of drug-likeness (QED) is 0.567. The Morgan fingerprint density at radius 1 is 1.33 bits per heavy atom. The molecule has 1 fully saturated rings. The number of thioether (sulfide) groups is 1. The maximum atomic E-state index is 4.28. The molecule has 2 rings (SSSR count). The molecule has 1 heterocycles. The van der Waals surface area contributed by atoms with Gasteiger partial charge in [0.1, 0.15) is 0 Å². The van der Waals surface area contributed by atoms with Gasteiger partial charge in [0.25, 0.3) is 0 Å². The fourth-order valence-corrected chi connectivity index (χ4v) is 2.30. The van der Waals surface area contributed by atoms with E-state index >= 15 is 0 Å². The minimum Gasteiger partial charge on any atom is -0.314 e. The van der Waals surface area contributed by atoms with Gasteiger partial charge < -0.3 is 5.32 Å². The van der Waals surface area contributed by atoms with Crippen LogP contribution >= 0.6 is 11.8 Å². The van der Waals surface area contributed by atoms with Gasteiger partial charge in [-0.25, -0.2) is 4.98 Å². The number of aromatic nitrogens is 1. The zero-order valence-electron chi connectivity index (χ0n) is 8.98. The molecule has 82 valence electrons. The number of hydrogen-bond acceptors (Lipinski definition) is 3. The van der Waals surface area contributed by atoms with Gasteiger partial charge in [-0.2, -0.15) is 0 Å². The molecule has 1 aromatic rings. The van der Waals surface area contributed by atoms with Gasteiger partial charge in [-0.15, -0.1) is 11.8 Å². The third-order valence-electron chi connectivity index (χ3n) is 2.47. The minimum absolute atomic E-state index is 0.855. The summed E-state index contributed by atoms with van der Waals surface area (Å²) >= 11 is 1.86. The van der Waals surface area contributed by atoms with Crippen molar-refractivity contribution in [3.8, 4) is 0 Å². The lowest BCUT2D eigenvalue weighted by molar-refractivity contribution is 0.640. The molecule has 0 aliphatic heterocycles. The second-order valence-corrected chi connectivity index (χ2v) is 5.07. The fourth-order valence-electron chi connectivity index (χ4n) is 1.43. The van der Waals surface area contributed by atoms with Gasteiger partial charge in [0.15, 0.2) is 0 Å². The van der Waals surface area contributed by atoms with Crippen LogP contribution in [0.5, 0.6) is 0 Å². The predicted octanol–water partition coefficient (Wildman–Crippen LogP) is 2.71. The van der Waals surface area contributed by atoms with Gasteiger partial charge in [0.05, 0.1) is 5.03 Å². The lowest BCUT2D eigenvalue weighted by Gasteiger charge is -2.02. The third-order valence-corrected chi connectivity index (χ3v) is 3.50. The molecule has 0 saturated heterocycles. The molecule has 15 heavy (non-hydrogen) atoms. The van der Waals surface area contributed by atoms with Crippen molar-refractivity contribution in [2.24, 2.45) is 0 Å². The summed E-state index contributed by atoms with van der Waals surface area (Å²) in [7, 11) is 0. The molecule has 1 aliphatic rings. The fraction of sp³-hybridized carbons (Fsp3) is 0.583. The summed E-state index contributed by atoms with van der Waals surface area (Å²) in [6, 6.07) is 6.94. The van der Waals surface area contributed by atoms with Gasteiger partial charge in [-0.3, -0.25) is 0 Å². The van der Waals surface area contributed by atoms with Crippen molar-refractivity contribution < 1.29 is 0 Å². The summed E-state index contributed by atoms with van der Waals surface area (Å²) in [5.74, 6) is 1.18. The van der Waals surface area contributed by atoms with E-state index in [0.717, 1.165) is 11.1 Å². The highest BCUT2D eigenvalue weighted by molar-refractivity contribution is 7.99. The van der Waals surface area contributed by atoms with Crippen molar-refractivity contribution in [3.63, 3.8) is 0 Å². The molecule has 0 aromatic carbocycles. The first-order chi connectivity index (χ1) is 7.45. The van der Waals surface area contributed by atoms with Crippen LogP contribution in [0.15, 0.2) is 29.4 Å². The molecule has 0 spiro atoms. The van der Waals surface area contributed by atoms with Crippen LogP contribution in [-0.2, 0) is 0 Å². The van der Waals surface area contributed by atoms with Crippen molar-refractivity contribution in [2.45, 2.75) is 36.8 Å². The van der Waals surface area contributed by atoms with Crippen molar-refractivity contribution in [1.29, 1.82) is 0 Å². The molecule has 1 saturated carbocycles. The van der Waals surface area contributed by atoms with Crippen LogP contribution in [-0.4, -0.2) is 23.3 Å². The van der Waals surface area contributed by atoms with E-state index in [1.807, 2.05) is 30.1 Å². The normalized spacial score (nSPS) is 15.5. The topological polar surface area (TPSA) is 24.9 Å². The molecular formula is C12H18N2S. The summed E-state index contributed by atoms with van der Waals surface area (Å²) in [6.45, 7) is 1.19. The van der Waals surface area contributed by atoms with E-state index in [1.165, 1.54) is 38.0 Å². The van der Waals surface area contributed by atoms with Crippen molar-refractivity contribution in [1.82, 2.24) is 10.3 Å².